The molecule has 2 nitrogen and oxygen atoms in total. The highest BCUT2D eigenvalue weighted by molar-refractivity contribution is 4.87. The van der Waals surface area contributed by atoms with Crippen LogP contribution in [0.2, 0.25) is 0 Å². The lowest BCUT2D eigenvalue weighted by atomic mass is 9.72. The molecule has 1 aliphatic carbocycles. The molecule has 19 heavy (non-hydrogen) atoms. The monoisotopic (exact) mass is 267 g/mol. The van der Waals surface area contributed by atoms with E-state index in [0.29, 0.717) is 12.1 Å². The van der Waals surface area contributed by atoms with Crippen molar-refractivity contribution in [3.05, 3.63) is 0 Å². The molecular formula is C17H33NO. The molecule has 2 aliphatic rings. The molecule has 4 atom stereocenters. The zero-order valence-corrected chi connectivity index (χ0v) is 13.0. The molecule has 0 aromatic heterocycles. The first-order valence-corrected chi connectivity index (χ1v) is 8.70. The molecule has 2 fully saturated rings. The van der Waals surface area contributed by atoms with E-state index in [4.69, 9.17) is 4.74 Å². The number of nitrogens with one attached hydrogen (secondary N) is 1. The second-order valence-electron chi connectivity index (χ2n) is 6.55. The molecule has 2 rings (SSSR count). The summed E-state index contributed by atoms with van der Waals surface area (Å²) in [5.74, 6) is 1.85. The summed E-state index contributed by atoms with van der Waals surface area (Å²) in [5, 5.41) is 3.85. The van der Waals surface area contributed by atoms with E-state index in [1.54, 1.807) is 0 Å². The highest BCUT2D eigenvalue weighted by atomic mass is 16.5. The van der Waals surface area contributed by atoms with Crippen LogP contribution in [0.4, 0.5) is 0 Å². The van der Waals surface area contributed by atoms with Gasteiger partial charge in [0, 0.05) is 12.6 Å². The van der Waals surface area contributed by atoms with Gasteiger partial charge in [0.1, 0.15) is 0 Å². The van der Waals surface area contributed by atoms with Crippen molar-refractivity contribution in [2.45, 2.75) is 83.8 Å². The molecular weight excluding hydrogens is 234 g/mol. The zero-order chi connectivity index (χ0) is 13.5. The minimum absolute atomic E-state index is 0.536. The maximum atomic E-state index is 5.88. The molecule has 1 aliphatic heterocycles. The minimum Gasteiger partial charge on any atom is -0.378 e. The van der Waals surface area contributed by atoms with Crippen molar-refractivity contribution in [1.29, 1.82) is 0 Å². The lowest BCUT2D eigenvalue weighted by molar-refractivity contribution is 0.0719. The average Bonchev–Trinajstić information content (AvgIpc) is 2.96. The molecule has 0 aromatic rings. The van der Waals surface area contributed by atoms with Crippen LogP contribution < -0.4 is 5.32 Å². The van der Waals surface area contributed by atoms with Crippen LogP contribution in [0, 0.1) is 11.8 Å². The Kier molecular flexibility index (Phi) is 6.66. The van der Waals surface area contributed by atoms with Crippen LogP contribution >= 0.6 is 0 Å². The Morgan fingerprint density at radius 3 is 2.63 bits per heavy atom. The molecule has 0 bridgehead atoms. The maximum Gasteiger partial charge on any atom is 0.0590 e. The smallest absolute Gasteiger partial charge is 0.0590 e. The van der Waals surface area contributed by atoms with Gasteiger partial charge in [-0.2, -0.15) is 0 Å². The summed E-state index contributed by atoms with van der Waals surface area (Å²) in [7, 11) is 0. The van der Waals surface area contributed by atoms with Gasteiger partial charge in [0.15, 0.2) is 0 Å². The molecule has 1 saturated heterocycles. The Morgan fingerprint density at radius 2 is 1.95 bits per heavy atom. The fourth-order valence-corrected chi connectivity index (χ4v) is 4.13. The quantitative estimate of drug-likeness (QED) is 0.748. The highest BCUT2D eigenvalue weighted by Crippen LogP contribution is 2.36. The normalized spacial score (nSPS) is 33.5. The topological polar surface area (TPSA) is 21.3 Å². The third-order valence-corrected chi connectivity index (χ3v) is 5.21. The van der Waals surface area contributed by atoms with Gasteiger partial charge in [0.2, 0.25) is 0 Å². The van der Waals surface area contributed by atoms with Crippen LogP contribution in [0.25, 0.3) is 0 Å². The van der Waals surface area contributed by atoms with Gasteiger partial charge in [-0.15, -0.1) is 0 Å². The van der Waals surface area contributed by atoms with E-state index in [0.717, 1.165) is 18.4 Å². The molecule has 1 heterocycles. The van der Waals surface area contributed by atoms with Gasteiger partial charge >= 0.3 is 0 Å². The Morgan fingerprint density at radius 1 is 1.11 bits per heavy atom. The fraction of sp³-hybridized carbons (Fsp3) is 1.00. The first-order valence-electron chi connectivity index (χ1n) is 8.70. The third kappa shape index (κ3) is 4.46. The van der Waals surface area contributed by atoms with Crippen molar-refractivity contribution >= 4 is 0 Å². The van der Waals surface area contributed by atoms with Crippen molar-refractivity contribution in [3.8, 4) is 0 Å². The predicted molar refractivity (Wildman–Crippen MR) is 81.4 cm³/mol. The summed E-state index contributed by atoms with van der Waals surface area (Å²) in [5.41, 5.74) is 0. The van der Waals surface area contributed by atoms with Crippen LogP contribution in [0.5, 0.6) is 0 Å². The lowest BCUT2D eigenvalue weighted by Crippen LogP contribution is -2.43. The van der Waals surface area contributed by atoms with E-state index in [-0.39, 0.29) is 0 Å². The summed E-state index contributed by atoms with van der Waals surface area (Å²) in [4.78, 5) is 0. The SMILES string of the molecule is CCCNC(CC1CCCO1)C1CCCCC1CC. The second-order valence-corrected chi connectivity index (χ2v) is 6.55. The van der Waals surface area contributed by atoms with Crippen molar-refractivity contribution in [2.24, 2.45) is 11.8 Å². The predicted octanol–water partition coefficient (Wildman–Crippen LogP) is 4.14. The van der Waals surface area contributed by atoms with Gasteiger partial charge in [-0.3, -0.25) is 0 Å². The number of hydrogen-bond acceptors (Lipinski definition) is 2. The Balaban J connectivity index is 1.93. The molecule has 0 aromatic carbocycles. The standard InChI is InChI=1S/C17H33NO/c1-3-11-18-17(13-15-9-7-12-19-15)16-10-6-5-8-14(16)4-2/h14-18H,3-13H2,1-2H3. The number of hydrogen-bond donors (Lipinski definition) is 1. The third-order valence-electron chi connectivity index (χ3n) is 5.21. The molecule has 1 saturated carbocycles. The van der Waals surface area contributed by atoms with E-state index >= 15 is 0 Å². The van der Waals surface area contributed by atoms with Crippen molar-refractivity contribution in [2.75, 3.05) is 13.2 Å². The summed E-state index contributed by atoms with van der Waals surface area (Å²) in [6.07, 6.45) is 12.7. The van der Waals surface area contributed by atoms with Gasteiger partial charge in [0.05, 0.1) is 6.10 Å². The van der Waals surface area contributed by atoms with Gasteiger partial charge in [0.25, 0.3) is 0 Å². The largest absolute Gasteiger partial charge is 0.378 e. The Hall–Kier alpha value is -0.0800. The van der Waals surface area contributed by atoms with Gasteiger partial charge in [-0.05, 0) is 50.5 Å². The van der Waals surface area contributed by atoms with Crippen LogP contribution in [0.15, 0.2) is 0 Å². The van der Waals surface area contributed by atoms with Gasteiger partial charge in [-0.1, -0.05) is 39.5 Å². The van der Waals surface area contributed by atoms with Crippen molar-refractivity contribution in [3.63, 3.8) is 0 Å². The van der Waals surface area contributed by atoms with Gasteiger partial charge < -0.3 is 10.1 Å². The maximum absolute atomic E-state index is 5.88. The van der Waals surface area contributed by atoms with Crippen LogP contribution in [-0.4, -0.2) is 25.3 Å². The van der Waals surface area contributed by atoms with E-state index in [1.165, 1.54) is 64.3 Å². The first kappa shape index (κ1) is 15.3. The van der Waals surface area contributed by atoms with E-state index < -0.39 is 0 Å². The molecule has 0 amide bonds. The molecule has 0 radical (unpaired) electrons. The summed E-state index contributed by atoms with van der Waals surface area (Å²) in [6, 6.07) is 0.702. The van der Waals surface area contributed by atoms with Crippen LogP contribution in [-0.2, 0) is 4.74 Å². The summed E-state index contributed by atoms with van der Waals surface area (Å²) >= 11 is 0. The van der Waals surface area contributed by atoms with Crippen molar-refractivity contribution in [1.82, 2.24) is 5.32 Å². The minimum atomic E-state index is 0.536. The zero-order valence-electron chi connectivity index (χ0n) is 13.0. The Bertz CT molecular complexity index is 237. The number of ether oxygens (including phenoxy) is 1. The second kappa shape index (κ2) is 8.26. The van der Waals surface area contributed by atoms with Crippen LogP contribution in [0.3, 0.4) is 0 Å². The molecule has 112 valence electrons. The Labute approximate surface area is 119 Å². The van der Waals surface area contributed by atoms with Crippen LogP contribution in [0.1, 0.15) is 71.6 Å². The molecule has 2 heteroatoms. The summed E-state index contributed by atoms with van der Waals surface area (Å²) in [6.45, 7) is 6.82. The average molecular weight is 267 g/mol. The van der Waals surface area contributed by atoms with E-state index in [2.05, 4.69) is 19.2 Å². The molecule has 1 N–H and O–H groups in total. The van der Waals surface area contributed by atoms with E-state index in [1.807, 2.05) is 0 Å². The number of rotatable bonds is 7. The van der Waals surface area contributed by atoms with E-state index in [9.17, 15) is 0 Å². The lowest BCUT2D eigenvalue weighted by Gasteiger charge is -2.38. The molecule has 4 unspecified atom stereocenters. The highest BCUT2D eigenvalue weighted by Gasteiger charge is 2.32. The first-order chi connectivity index (χ1) is 9.35. The van der Waals surface area contributed by atoms with Crippen molar-refractivity contribution < 1.29 is 4.74 Å². The molecule has 0 spiro atoms. The van der Waals surface area contributed by atoms with Gasteiger partial charge in [-0.25, -0.2) is 0 Å². The fourth-order valence-electron chi connectivity index (χ4n) is 4.13. The summed E-state index contributed by atoms with van der Waals surface area (Å²) < 4.78 is 5.88.